The van der Waals surface area contributed by atoms with Gasteiger partial charge in [0.15, 0.2) is 5.17 Å². The molecule has 3 aliphatic rings. The molecule has 5 heteroatoms. The lowest BCUT2D eigenvalue weighted by Crippen LogP contribution is -2.42. The second-order valence-electron chi connectivity index (χ2n) is 6.10. The van der Waals surface area contributed by atoms with Crippen molar-refractivity contribution in [2.75, 3.05) is 38.6 Å². The van der Waals surface area contributed by atoms with Crippen LogP contribution in [0.1, 0.15) is 32.6 Å². The number of hydrogen-bond donors (Lipinski definition) is 1. The average molecular weight is 283 g/mol. The summed E-state index contributed by atoms with van der Waals surface area (Å²) in [7, 11) is 0. The molecule has 1 atom stereocenters. The Balaban J connectivity index is 1.50. The molecule has 0 aromatic carbocycles. The summed E-state index contributed by atoms with van der Waals surface area (Å²) >= 11 is 1.92. The highest BCUT2D eigenvalue weighted by molar-refractivity contribution is 8.14. The van der Waals surface area contributed by atoms with Crippen LogP contribution in [0.2, 0.25) is 0 Å². The fraction of sp³-hybridized carbons (Fsp3) is 0.929. The molecule has 19 heavy (non-hydrogen) atoms. The molecule has 1 aliphatic carbocycles. The van der Waals surface area contributed by atoms with E-state index in [4.69, 9.17) is 9.73 Å². The number of nitrogens with zero attached hydrogens (tertiary/aromatic N) is 2. The molecular formula is C14H25N3OS. The fourth-order valence-electron chi connectivity index (χ4n) is 3.29. The first-order valence-electron chi connectivity index (χ1n) is 7.55. The van der Waals surface area contributed by atoms with Crippen molar-refractivity contribution in [1.29, 1.82) is 0 Å². The van der Waals surface area contributed by atoms with Gasteiger partial charge in [-0.25, -0.2) is 0 Å². The summed E-state index contributed by atoms with van der Waals surface area (Å²) in [4.78, 5) is 7.34. The smallest absolute Gasteiger partial charge is 0.157 e. The molecule has 3 rings (SSSR count). The Hall–Kier alpha value is -0.260. The van der Waals surface area contributed by atoms with Crippen LogP contribution in [0.15, 0.2) is 4.99 Å². The van der Waals surface area contributed by atoms with Gasteiger partial charge in [-0.15, -0.1) is 0 Å². The predicted molar refractivity (Wildman–Crippen MR) is 80.9 cm³/mol. The molecule has 3 fully saturated rings. The molecule has 2 heterocycles. The molecule has 0 radical (unpaired) electrons. The number of ether oxygens (including phenoxy) is 1. The zero-order valence-corrected chi connectivity index (χ0v) is 12.7. The van der Waals surface area contributed by atoms with Crippen molar-refractivity contribution < 1.29 is 4.74 Å². The number of aliphatic imine (C=N–C) groups is 1. The maximum absolute atomic E-state index is 5.38. The standard InChI is InChI=1S/C14H25N3OS/c1-12(10-17-6-8-18-9-7-17)15-13-16-14(11-19-13)4-2-3-5-14/h12H,2-11H2,1H3,(H,15,16). The lowest BCUT2D eigenvalue weighted by atomic mass is 10.0. The van der Waals surface area contributed by atoms with E-state index in [1.807, 2.05) is 11.8 Å². The largest absolute Gasteiger partial charge is 0.379 e. The lowest BCUT2D eigenvalue weighted by Gasteiger charge is -2.28. The molecule has 2 aliphatic heterocycles. The van der Waals surface area contributed by atoms with Gasteiger partial charge >= 0.3 is 0 Å². The topological polar surface area (TPSA) is 36.9 Å². The van der Waals surface area contributed by atoms with Gasteiger partial charge < -0.3 is 10.1 Å². The summed E-state index contributed by atoms with van der Waals surface area (Å²) in [6.45, 7) is 7.14. The SMILES string of the molecule is CC(CN1CCOCC1)N=C1NC2(CCCC2)CS1. The molecule has 4 nitrogen and oxygen atoms in total. The molecule has 0 aromatic heterocycles. The van der Waals surface area contributed by atoms with E-state index in [1.165, 1.54) is 36.6 Å². The van der Waals surface area contributed by atoms with Crippen LogP contribution in [0.4, 0.5) is 0 Å². The third-order valence-corrected chi connectivity index (χ3v) is 5.56. The van der Waals surface area contributed by atoms with Gasteiger partial charge in [0.1, 0.15) is 0 Å². The van der Waals surface area contributed by atoms with Crippen molar-refractivity contribution in [1.82, 2.24) is 10.2 Å². The van der Waals surface area contributed by atoms with Gasteiger partial charge in [-0.1, -0.05) is 24.6 Å². The summed E-state index contributed by atoms with van der Waals surface area (Å²) in [5, 5.41) is 4.89. The molecule has 1 spiro atoms. The highest BCUT2D eigenvalue weighted by Gasteiger charge is 2.39. The Morgan fingerprint density at radius 1 is 1.37 bits per heavy atom. The molecular weight excluding hydrogens is 258 g/mol. The molecule has 2 saturated heterocycles. The number of morpholine rings is 1. The number of rotatable bonds is 3. The minimum absolute atomic E-state index is 0.379. The first-order chi connectivity index (χ1) is 9.26. The zero-order valence-electron chi connectivity index (χ0n) is 11.9. The van der Waals surface area contributed by atoms with Gasteiger partial charge in [-0.05, 0) is 19.8 Å². The maximum atomic E-state index is 5.38. The molecule has 0 aromatic rings. The lowest BCUT2D eigenvalue weighted by molar-refractivity contribution is 0.0361. The van der Waals surface area contributed by atoms with Crippen molar-refractivity contribution >= 4 is 16.9 Å². The first kappa shape index (κ1) is 13.7. The van der Waals surface area contributed by atoms with Crippen LogP contribution in [0.5, 0.6) is 0 Å². The Labute approximate surface area is 120 Å². The zero-order chi connectivity index (χ0) is 13.1. The van der Waals surface area contributed by atoms with E-state index in [0.29, 0.717) is 11.6 Å². The van der Waals surface area contributed by atoms with Gasteiger partial charge in [0.2, 0.25) is 0 Å². The second-order valence-corrected chi connectivity index (χ2v) is 7.06. The predicted octanol–water partition coefficient (Wildman–Crippen LogP) is 1.71. The summed E-state index contributed by atoms with van der Waals surface area (Å²) in [5.41, 5.74) is 0.391. The Kier molecular flexibility index (Phi) is 4.34. The van der Waals surface area contributed by atoms with Crippen LogP contribution in [-0.4, -0.2) is 60.2 Å². The Bertz CT molecular complexity index is 336. The number of thioether (sulfide) groups is 1. The Morgan fingerprint density at radius 3 is 2.84 bits per heavy atom. The molecule has 1 saturated carbocycles. The second kappa shape index (κ2) is 6.02. The fourth-order valence-corrected chi connectivity index (χ4v) is 4.61. The first-order valence-corrected chi connectivity index (χ1v) is 8.53. The van der Waals surface area contributed by atoms with Crippen molar-refractivity contribution in [3.63, 3.8) is 0 Å². The number of hydrogen-bond acceptors (Lipinski definition) is 4. The van der Waals surface area contributed by atoms with Crippen LogP contribution >= 0.6 is 11.8 Å². The van der Waals surface area contributed by atoms with Crippen LogP contribution in [0, 0.1) is 0 Å². The van der Waals surface area contributed by atoms with Crippen molar-refractivity contribution in [2.24, 2.45) is 4.99 Å². The van der Waals surface area contributed by atoms with Gasteiger partial charge in [0, 0.05) is 30.9 Å². The van der Waals surface area contributed by atoms with Gasteiger partial charge in [0.25, 0.3) is 0 Å². The van der Waals surface area contributed by atoms with Crippen molar-refractivity contribution in [3.05, 3.63) is 0 Å². The van der Waals surface area contributed by atoms with Crippen molar-refractivity contribution in [3.8, 4) is 0 Å². The quantitative estimate of drug-likeness (QED) is 0.855. The summed E-state index contributed by atoms with van der Waals surface area (Å²) in [6, 6.07) is 0.379. The van der Waals surface area contributed by atoms with E-state index in [0.717, 1.165) is 32.8 Å². The summed E-state index contributed by atoms with van der Waals surface area (Å²) in [5.74, 6) is 1.22. The van der Waals surface area contributed by atoms with E-state index in [2.05, 4.69) is 17.1 Å². The number of nitrogens with one attached hydrogen (secondary N) is 1. The summed E-state index contributed by atoms with van der Waals surface area (Å²) in [6.07, 6.45) is 5.42. The third-order valence-electron chi connectivity index (χ3n) is 4.38. The van der Waals surface area contributed by atoms with Gasteiger partial charge in [-0.2, -0.15) is 0 Å². The highest BCUT2D eigenvalue weighted by atomic mass is 32.2. The van der Waals surface area contributed by atoms with E-state index in [9.17, 15) is 0 Å². The highest BCUT2D eigenvalue weighted by Crippen LogP contribution is 2.37. The monoisotopic (exact) mass is 283 g/mol. The third kappa shape index (κ3) is 3.44. The van der Waals surface area contributed by atoms with Crippen molar-refractivity contribution in [2.45, 2.75) is 44.2 Å². The summed E-state index contributed by atoms with van der Waals surface area (Å²) < 4.78 is 5.38. The van der Waals surface area contributed by atoms with Gasteiger partial charge in [0.05, 0.1) is 19.3 Å². The molecule has 1 N–H and O–H groups in total. The molecule has 0 bridgehead atoms. The van der Waals surface area contributed by atoms with E-state index >= 15 is 0 Å². The van der Waals surface area contributed by atoms with Crippen LogP contribution in [0.25, 0.3) is 0 Å². The minimum atomic E-state index is 0.379. The van der Waals surface area contributed by atoms with Gasteiger partial charge in [-0.3, -0.25) is 9.89 Å². The van der Waals surface area contributed by atoms with Crippen LogP contribution in [-0.2, 0) is 4.74 Å². The van der Waals surface area contributed by atoms with E-state index in [1.54, 1.807) is 0 Å². The molecule has 0 amide bonds. The average Bonchev–Trinajstić information content (AvgIpc) is 3.02. The van der Waals surface area contributed by atoms with Crippen LogP contribution in [0.3, 0.4) is 0 Å². The number of amidine groups is 1. The molecule has 1 unspecified atom stereocenters. The van der Waals surface area contributed by atoms with E-state index in [-0.39, 0.29) is 0 Å². The van der Waals surface area contributed by atoms with Crippen LogP contribution < -0.4 is 5.32 Å². The normalized spacial score (nSPS) is 30.9. The minimum Gasteiger partial charge on any atom is -0.379 e. The maximum Gasteiger partial charge on any atom is 0.157 e. The van der Waals surface area contributed by atoms with E-state index < -0.39 is 0 Å². The molecule has 108 valence electrons. The Morgan fingerprint density at radius 2 is 2.11 bits per heavy atom.